The Balaban J connectivity index is 1.30. The van der Waals surface area contributed by atoms with Crippen LogP contribution in [0.1, 0.15) is 142 Å². The quantitative estimate of drug-likeness (QED) is 0.161. The Morgan fingerprint density at radius 3 is 2.02 bits per heavy atom. The molecule has 5 aromatic rings. The van der Waals surface area contributed by atoms with Crippen LogP contribution in [0.2, 0.25) is 0 Å². The summed E-state index contributed by atoms with van der Waals surface area (Å²) < 4.78 is 2.86. The molecule has 0 spiro atoms. The smallest absolute Gasteiger partial charge is 0.264 e. The Hall–Kier alpha value is -4.02. The molecule has 59 heavy (non-hydrogen) atoms. The number of hydrogen-bond acceptors (Lipinski definition) is 3. The van der Waals surface area contributed by atoms with Crippen molar-refractivity contribution in [1.29, 1.82) is 0 Å². The summed E-state index contributed by atoms with van der Waals surface area (Å²) in [4.78, 5) is 5.53. The van der Waals surface area contributed by atoms with Gasteiger partial charge >= 0.3 is 0 Å². The molecule has 4 aromatic carbocycles. The van der Waals surface area contributed by atoms with E-state index < -0.39 is 0 Å². The SMILES string of the molecule is Cc1cc2c3c(c1)N(C1C=CC4=C(C1)C(C)(C)CCC4(C)C)c1cc4c(cc1B3c1sc3ccc(C)cc3c1N2c1ccc(C(C)(C)C)cc1C)C(C)(C)CCC4(C)C. The summed E-state index contributed by atoms with van der Waals surface area (Å²) in [6.45, 7) is 34.0. The molecule has 0 N–H and O–H groups in total. The van der Waals surface area contributed by atoms with Gasteiger partial charge in [-0.25, -0.2) is 0 Å². The molecule has 0 fully saturated rings. The number of nitrogens with zero attached hydrogens (tertiary/aromatic N) is 2. The van der Waals surface area contributed by atoms with Crippen molar-refractivity contribution in [2.45, 2.75) is 151 Å². The standard InChI is InChI=1S/C55H65BN2S/c1-32-15-20-47-37(25-32)49-50(59-47)56-42-30-40-41(55(13,14)24-23-54(40,11)12)31-44(42)57(36-17-18-38-39(29-36)53(9,10)22-21-52(38,7)8)45-26-33(2)27-46(48(45)56)58(49)43-19-16-35(28-34(43)3)51(4,5)6/h15-20,25-28,30-31,36H,21-24,29H2,1-14H3. The first-order chi connectivity index (χ1) is 27.6. The molecule has 4 heteroatoms. The van der Waals surface area contributed by atoms with Gasteiger partial charge in [-0.15, -0.1) is 11.3 Å². The van der Waals surface area contributed by atoms with Gasteiger partial charge in [-0.3, -0.25) is 0 Å². The van der Waals surface area contributed by atoms with Crippen molar-refractivity contribution in [2.75, 3.05) is 9.80 Å². The van der Waals surface area contributed by atoms with E-state index in [1.54, 1.807) is 22.3 Å². The number of hydrogen-bond donors (Lipinski definition) is 0. The third-order valence-corrected chi connectivity index (χ3v) is 17.0. The molecule has 0 saturated heterocycles. The van der Waals surface area contributed by atoms with E-state index in [1.165, 1.54) is 102 Å². The molecule has 304 valence electrons. The minimum Gasteiger partial charge on any atom is -0.335 e. The molecule has 10 rings (SSSR count). The lowest BCUT2D eigenvalue weighted by Crippen LogP contribution is -2.62. The molecule has 3 aliphatic carbocycles. The maximum atomic E-state index is 2.84. The second-order valence-electron chi connectivity index (χ2n) is 22.9. The second-order valence-corrected chi connectivity index (χ2v) is 24.0. The molecule has 3 heterocycles. The molecule has 5 aliphatic rings. The zero-order valence-corrected chi connectivity index (χ0v) is 39.2. The first-order valence-corrected chi connectivity index (χ1v) is 23.4. The number of allylic oxidation sites excluding steroid dienone is 2. The largest absolute Gasteiger partial charge is 0.335 e. The van der Waals surface area contributed by atoms with Gasteiger partial charge in [0.25, 0.3) is 6.71 Å². The number of rotatable bonds is 2. The summed E-state index contributed by atoms with van der Waals surface area (Å²) in [7, 11) is 0. The highest BCUT2D eigenvalue weighted by Gasteiger charge is 2.50. The highest BCUT2D eigenvalue weighted by Crippen LogP contribution is 2.55. The molecule has 1 unspecified atom stereocenters. The zero-order chi connectivity index (χ0) is 41.9. The van der Waals surface area contributed by atoms with Crippen molar-refractivity contribution in [3.63, 3.8) is 0 Å². The summed E-state index contributed by atoms with van der Waals surface area (Å²) in [5.41, 5.74) is 22.2. The minimum absolute atomic E-state index is 0.0761. The number of aryl methyl sites for hydroxylation is 3. The van der Waals surface area contributed by atoms with Gasteiger partial charge in [0.2, 0.25) is 0 Å². The summed E-state index contributed by atoms with van der Waals surface area (Å²) in [6, 6.07) is 25.1. The molecular weight excluding hydrogens is 731 g/mol. The molecule has 1 aromatic heterocycles. The molecule has 0 radical (unpaired) electrons. The normalized spacial score (nSPS) is 21.9. The van der Waals surface area contributed by atoms with Crippen molar-refractivity contribution in [2.24, 2.45) is 10.8 Å². The monoisotopic (exact) mass is 796 g/mol. The molecule has 0 bridgehead atoms. The van der Waals surface area contributed by atoms with E-state index in [-0.39, 0.29) is 39.8 Å². The summed E-state index contributed by atoms with van der Waals surface area (Å²) in [6.07, 6.45) is 11.1. The lowest BCUT2D eigenvalue weighted by Gasteiger charge is -2.50. The van der Waals surface area contributed by atoms with Crippen LogP contribution in [0.4, 0.5) is 28.4 Å². The van der Waals surface area contributed by atoms with Gasteiger partial charge in [0, 0.05) is 37.6 Å². The van der Waals surface area contributed by atoms with Gasteiger partial charge < -0.3 is 9.80 Å². The maximum Gasteiger partial charge on any atom is 0.264 e. The topological polar surface area (TPSA) is 6.48 Å². The average Bonchev–Trinajstić information content (AvgIpc) is 3.52. The Bertz CT molecular complexity index is 2690. The van der Waals surface area contributed by atoms with E-state index in [4.69, 9.17) is 0 Å². The van der Waals surface area contributed by atoms with Gasteiger partial charge in [0.1, 0.15) is 0 Å². The predicted octanol–water partition coefficient (Wildman–Crippen LogP) is 13.7. The second kappa shape index (κ2) is 12.5. The van der Waals surface area contributed by atoms with Gasteiger partial charge in [0.15, 0.2) is 0 Å². The fraction of sp³-hybridized carbons (Fsp3) is 0.455. The third-order valence-electron chi connectivity index (χ3n) is 15.7. The van der Waals surface area contributed by atoms with Crippen molar-refractivity contribution in [3.05, 3.63) is 117 Å². The Labute approximate surface area is 359 Å². The zero-order valence-electron chi connectivity index (χ0n) is 38.4. The number of thiophene rings is 1. The van der Waals surface area contributed by atoms with E-state index in [1.807, 2.05) is 11.3 Å². The van der Waals surface area contributed by atoms with Crippen LogP contribution < -0.4 is 25.5 Å². The van der Waals surface area contributed by atoms with Crippen molar-refractivity contribution in [1.82, 2.24) is 0 Å². The van der Waals surface area contributed by atoms with Crippen LogP contribution in [0.3, 0.4) is 0 Å². The van der Waals surface area contributed by atoms with E-state index in [0.29, 0.717) is 0 Å². The number of benzene rings is 4. The fourth-order valence-electron chi connectivity index (χ4n) is 11.9. The van der Waals surface area contributed by atoms with E-state index in [2.05, 4.69) is 180 Å². The Morgan fingerprint density at radius 2 is 1.32 bits per heavy atom. The van der Waals surface area contributed by atoms with E-state index in [9.17, 15) is 0 Å². The fourth-order valence-corrected chi connectivity index (χ4v) is 13.2. The lowest BCUT2D eigenvalue weighted by atomic mass is 9.35. The van der Waals surface area contributed by atoms with Crippen LogP contribution in [-0.2, 0) is 16.2 Å². The van der Waals surface area contributed by atoms with Crippen LogP contribution in [0, 0.1) is 31.6 Å². The maximum absolute atomic E-state index is 2.84. The highest BCUT2D eigenvalue weighted by molar-refractivity contribution is 7.33. The first-order valence-electron chi connectivity index (χ1n) is 22.6. The van der Waals surface area contributed by atoms with Crippen LogP contribution in [0.5, 0.6) is 0 Å². The summed E-state index contributed by atoms with van der Waals surface area (Å²) in [5.74, 6) is 0. The van der Waals surface area contributed by atoms with Gasteiger partial charge in [-0.1, -0.05) is 124 Å². The number of fused-ring (bicyclic) bond motifs is 7. The Morgan fingerprint density at radius 1 is 0.661 bits per heavy atom. The third kappa shape index (κ3) is 5.77. The van der Waals surface area contributed by atoms with Crippen LogP contribution in [-0.4, -0.2) is 12.8 Å². The lowest BCUT2D eigenvalue weighted by molar-refractivity contribution is 0.256. The van der Waals surface area contributed by atoms with Crippen molar-refractivity contribution < 1.29 is 0 Å². The average molecular weight is 797 g/mol. The molecule has 0 amide bonds. The van der Waals surface area contributed by atoms with Gasteiger partial charge in [-0.05, 0) is 161 Å². The molecule has 1 atom stereocenters. The van der Waals surface area contributed by atoms with Crippen LogP contribution in [0.15, 0.2) is 84.0 Å². The first kappa shape index (κ1) is 39.1. The summed E-state index contributed by atoms with van der Waals surface area (Å²) >= 11 is 2.03. The highest BCUT2D eigenvalue weighted by atomic mass is 32.1. The Kier molecular flexibility index (Phi) is 8.31. The van der Waals surface area contributed by atoms with Crippen molar-refractivity contribution >= 4 is 72.3 Å². The molecule has 2 nitrogen and oxygen atoms in total. The summed E-state index contributed by atoms with van der Waals surface area (Å²) in [5, 5.41) is 1.37. The van der Waals surface area contributed by atoms with Crippen molar-refractivity contribution in [3.8, 4) is 0 Å². The van der Waals surface area contributed by atoms with E-state index >= 15 is 0 Å². The van der Waals surface area contributed by atoms with Gasteiger partial charge in [-0.2, -0.15) is 0 Å². The minimum atomic E-state index is 0.0761. The molecule has 0 saturated carbocycles. The predicted molar refractivity (Wildman–Crippen MR) is 259 cm³/mol. The molecule has 2 aliphatic heterocycles. The van der Waals surface area contributed by atoms with E-state index in [0.717, 1.165) is 6.42 Å². The van der Waals surface area contributed by atoms with Crippen LogP contribution >= 0.6 is 11.3 Å². The van der Waals surface area contributed by atoms with Gasteiger partial charge in [0.05, 0.1) is 11.7 Å². The molecular formula is C55H65BN2S. The van der Waals surface area contributed by atoms with Crippen LogP contribution in [0.25, 0.3) is 10.1 Å². The number of anilines is 5.